The minimum absolute atomic E-state index is 0.0222. The Morgan fingerprint density at radius 1 is 0.604 bits per heavy atom. The van der Waals surface area contributed by atoms with Gasteiger partial charge in [-0.1, -0.05) is 135 Å². The summed E-state index contributed by atoms with van der Waals surface area (Å²) in [5.74, 6) is 0.849. The Hall–Kier alpha value is -5.93. The predicted octanol–water partition coefficient (Wildman–Crippen LogP) is 11.1. The van der Waals surface area contributed by atoms with E-state index in [1.54, 1.807) is 0 Å². The number of aliphatic imine (C=N–C) groups is 1. The second kappa shape index (κ2) is 9.11. The van der Waals surface area contributed by atoms with Crippen molar-refractivity contribution in [3.05, 3.63) is 162 Å². The third-order valence-electron chi connectivity index (χ3n) is 11.2. The van der Waals surface area contributed by atoms with E-state index in [9.17, 15) is 0 Å². The Morgan fingerprint density at radius 3 is 2.17 bits per heavy atom. The molecule has 1 atom stereocenters. The van der Waals surface area contributed by atoms with E-state index < -0.39 is 0 Å². The van der Waals surface area contributed by atoms with Gasteiger partial charge in [0.1, 0.15) is 0 Å². The lowest BCUT2D eigenvalue weighted by Crippen LogP contribution is -2.36. The van der Waals surface area contributed by atoms with Gasteiger partial charge in [0.25, 0.3) is 0 Å². The molecule has 3 aliphatic rings. The summed E-state index contributed by atoms with van der Waals surface area (Å²) in [5.41, 5.74) is 16.4. The van der Waals surface area contributed by atoms with E-state index in [0.717, 1.165) is 17.2 Å². The van der Waals surface area contributed by atoms with Gasteiger partial charge < -0.3 is 5.32 Å². The molecular weight excluding hydrogens is 583 g/mol. The van der Waals surface area contributed by atoms with Crippen molar-refractivity contribution in [3.8, 4) is 33.4 Å². The molecule has 0 radical (unpaired) electrons. The zero-order chi connectivity index (χ0) is 31.7. The summed E-state index contributed by atoms with van der Waals surface area (Å²) in [6.45, 7) is 4.84. The maximum atomic E-state index is 5.36. The molecule has 0 saturated heterocycles. The molecule has 0 spiro atoms. The van der Waals surface area contributed by atoms with Gasteiger partial charge in [0, 0.05) is 21.8 Å². The summed E-state index contributed by atoms with van der Waals surface area (Å²) < 4.78 is 2.39. The lowest BCUT2D eigenvalue weighted by molar-refractivity contribution is 0.666. The highest BCUT2D eigenvalue weighted by Crippen LogP contribution is 2.61. The van der Waals surface area contributed by atoms with Crippen molar-refractivity contribution in [2.24, 2.45) is 4.99 Å². The zero-order valence-electron chi connectivity index (χ0n) is 26.8. The van der Waals surface area contributed by atoms with E-state index in [1.807, 2.05) is 0 Å². The van der Waals surface area contributed by atoms with E-state index in [4.69, 9.17) is 4.99 Å². The van der Waals surface area contributed by atoms with Crippen molar-refractivity contribution in [2.75, 3.05) is 0 Å². The van der Waals surface area contributed by atoms with Crippen LogP contribution >= 0.6 is 0 Å². The number of benzene rings is 7. The number of para-hydroxylation sites is 2. The lowest BCUT2D eigenvalue weighted by atomic mass is 9.78. The maximum Gasteiger partial charge on any atom is 0.209 e. The van der Waals surface area contributed by atoms with Gasteiger partial charge in [-0.25, -0.2) is 4.99 Å². The summed E-state index contributed by atoms with van der Waals surface area (Å²) in [4.78, 5) is 5.36. The van der Waals surface area contributed by atoms with Crippen molar-refractivity contribution < 1.29 is 0 Å². The summed E-state index contributed by atoms with van der Waals surface area (Å²) in [6.07, 6.45) is 0. The van der Waals surface area contributed by atoms with Crippen molar-refractivity contribution in [1.29, 1.82) is 0 Å². The van der Waals surface area contributed by atoms with E-state index in [0.29, 0.717) is 0 Å². The Morgan fingerprint density at radius 2 is 1.31 bits per heavy atom. The molecule has 0 saturated carbocycles. The number of nitrogens with one attached hydrogen (secondary N) is 1. The average molecular weight is 614 g/mol. The summed E-state index contributed by atoms with van der Waals surface area (Å²) >= 11 is 0. The van der Waals surface area contributed by atoms with Crippen molar-refractivity contribution in [1.82, 2.24) is 9.88 Å². The molecule has 0 amide bonds. The topological polar surface area (TPSA) is 29.3 Å². The fraction of sp³-hybridized carbons (Fsp3) is 0.0889. The minimum atomic E-state index is -0.203. The van der Waals surface area contributed by atoms with Gasteiger partial charge in [0.05, 0.1) is 22.8 Å². The van der Waals surface area contributed by atoms with Crippen molar-refractivity contribution in [2.45, 2.75) is 25.3 Å². The minimum Gasteiger partial charge on any atom is -0.344 e. The summed E-state index contributed by atoms with van der Waals surface area (Å²) in [7, 11) is 0. The molecule has 2 aliphatic carbocycles. The predicted molar refractivity (Wildman–Crippen MR) is 199 cm³/mol. The van der Waals surface area contributed by atoms with Gasteiger partial charge in [-0.05, 0) is 79.0 Å². The molecule has 0 bridgehead atoms. The number of fused-ring (bicyclic) bond motifs is 7. The molecule has 1 aliphatic heterocycles. The summed E-state index contributed by atoms with van der Waals surface area (Å²) in [6, 6.07) is 51.2. The molecule has 3 nitrogen and oxygen atoms in total. The molecule has 48 heavy (non-hydrogen) atoms. The first-order valence-electron chi connectivity index (χ1n) is 16.9. The average Bonchev–Trinajstić information content (AvgIpc) is 3.54. The van der Waals surface area contributed by atoms with E-state index in [-0.39, 0.29) is 11.5 Å². The van der Waals surface area contributed by atoms with Crippen molar-refractivity contribution >= 4 is 44.2 Å². The van der Waals surface area contributed by atoms with Gasteiger partial charge in [0.15, 0.2) is 0 Å². The SMILES string of the molecule is CC1(C)c2cccc3c2-c2c(cc4c(c21)c1ccccc1n4C1=Nc2ccccc2C(c2ccccc2)N1)-c1cccc2cccc-3c12. The van der Waals surface area contributed by atoms with Crippen LogP contribution < -0.4 is 5.32 Å². The fourth-order valence-corrected chi connectivity index (χ4v) is 9.15. The molecular formula is C45H31N3. The first-order valence-corrected chi connectivity index (χ1v) is 16.9. The third kappa shape index (κ3) is 3.21. The lowest BCUT2D eigenvalue weighted by Gasteiger charge is -2.29. The van der Waals surface area contributed by atoms with Crippen LogP contribution in [-0.2, 0) is 5.41 Å². The number of aromatic nitrogens is 1. The Kier molecular flexibility index (Phi) is 4.97. The largest absolute Gasteiger partial charge is 0.344 e. The van der Waals surface area contributed by atoms with Crippen LogP contribution in [0.25, 0.3) is 66.0 Å². The normalized spacial score (nSPS) is 16.4. The first kappa shape index (κ1) is 26.2. The molecule has 11 rings (SSSR count). The second-order valence-electron chi connectivity index (χ2n) is 14.0. The van der Waals surface area contributed by atoms with Gasteiger partial charge in [-0.2, -0.15) is 0 Å². The highest BCUT2D eigenvalue weighted by atomic mass is 15.2. The van der Waals surface area contributed by atoms with Crippen LogP contribution in [0.5, 0.6) is 0 Å². The standard InChI is InChI=1S/C45H31N3/c1-45(2)34-22-12-21-29-28-19-10-15-26-16-11-20-30(38(26)28)33-25-37-40(42(45)41(33)39(29)34)32-18-7-9-24-36(32)48(37)44-46-35-23-8-6-17-31(35)43(47-44)27-13-4-3-5-14-27/h3-25,43H,1-2H3,(H,46,47). The maximum absolute atomic E-state index is 5.36. The van der Waals surface area contributed by atoms with Gasteiger partial charge in [0.2, 0.25) is 5.96 Å². The van der Waals surface area contributed by atoms with Crippen LogP contribution in [0.4, 0.5) is 5.69 Å². The molecule has 1 N–H and O–H groups in total. The fourth-order valence-electron chi connectivity index (χ4n) is 9.15. The van der Waals surface area contributed by atoms with Crippen LogP contribution in [0.2, 0.25) is 0 Å². The summed E-state index contributed by atoms with van der Waals surface area (Å²) in [5, 5.41) is 9.10. The first-order chi connectivity index (χ1) is 23.6. The van der Waals surface area contributed by atoms with Crippen LogP contribution in [0.1, 0.15) is 42.1 Å². The van der Waals surface area contributed by atoms with Gasteiger partial charge >= 0.3 is 0 Å². The van der Waals surface area contributed by atoms with Gasteiger partial charge in [-0.3, -0.25) is 4.57 Å². The molecule has 226 valence electrons. The van der Waals surface area contributed by atoms with Crippen LogP contribution in [0, 0.1) is 0 Å². The number of rotatable bonds is 1. The molecule has 0 fully saturated rings. The van der Waals surface area contributed by atoms with Crippen LogP contribution in [-0.4, -0.2) is 10.5 Å². The molecule has 1 aromatic heterocycles. The van der Waals surface area contributed by atoms with E-state index in [2.05, 4.69) is 163 Å². The Labute approximate surface area is 278 Å². The number of hydrogen-bond donors (Lipinski definition) is 1. The highest BCUT2D eigenvalue weighted by molar-refractivity contribution is 6.23. The second-order valence-corrected chi connectivity index (χ2v) is 14.0. The van der Waals surface area contributed by atoms with Crippen molar-refractivity contribution in [3.63, 3.8) is 0 Å². The molecule has 3 heteroatoms. The smallest absolute Gasteiger partial charge is 0.209 e. The molecule has 7 aromatic carbocycles. The number of nitrogens with zero attached hydrogens (tertiary/aromatic N) is 2. The highest BCUT2D eigenvalue weighted by Gasteiger charge is 2.43. The molecule has 8 aromatic rings. The van der Waals surface area contributed by atoms with E-state index >= 15 is 0 Å². The molecule has 2 heterocycles. The molecule has 1 unspecified atom stereocenters. The number of hydrogen-bond acceptors (Lipinski definition) is 2. The zero-order valence-corrected chi connectivity index (χ0v) is 26.8. The van der Waals surface area contributed by atoms with Gasteiger partial charge in [-0.15, -0.1) is 0 Å². The Bertz CT molecular complexity index is 2720. The van der Waals surface area contributed by atoms with Crippen LogP contribution in [0.15, 0.2) is 145 Å². The Balaban J connectivity index is 1.31. The van der Waals surface area contributed by atoms with E-state index in [1.165, 1.54) is 82.7 Å². The third-order valence-corrected chi connectivity index (χ3v) is 11.2. The van der Waals surface area contributed by atoms with Crippen LogP contribution in [0.3, 0.4) is 0 Å². The monoisotopic (exact) mass is 613 g/mol. The quantitative estimate of drug-likeness (QED) is 0.196.